The minimum atomic E-state index is 0.519. The fourth-order valence-electron chi connectivity index (χ4n) is 11.5. The second-order valence-electron chi connectivity index (χ2n) is 18.0. The van der Waals surface area contributed by atoms with Gasteiger partial charge < -0.3 is 18.3 Å². The molecular formula is C63H38N6. The Bertz CT molecular complexity index is 4570. The maximum Gasteiger partial charge on any atom is 0.101 e. The van der Waals surface area contributed by atoms with E-state index in [0.29, 0.717) is 11.1 Å². The van der Waals surface area contributed by atoms with Crippen LogP contribution >= 0.6 is 0 Å². The summed E-state index contributed by atoms with van der Waals surface area (Å²) in [6, 6.07) is 80.1. The lowest BCUT2D eigenvalue weighted by molar-refractivity contribution is 1.12. The van der Waals surface area contributed by atoms with Crippen molar-refractivity contribution >= 4 is 87.2 Å². The highest BCUT2D eigenvalue weighted by molar-refractivity contribution is 6.25. The Morgan fingerprint density at radius 1 is 0.333 bits per heavy atom. The fraction of sp³-hybridized carbons (Fsp3) is 0.0159. The predicted octanol–water partition coefficient (Wildman–Crippen LogP) is 15.8. The van der Waals surface area contributed by atoms with Gasteiger partial charge in [-0.1, -0.05) is 140 Å². The van der Waals surface area contributed by atoms with Gasteiger partial charge in [0.15, 0.2) is 0 Å². The molecule has 320 valence electrons. The van der Waals surface area contributed by atoms with Crippen molar-refractivity contribution in [3.8, 4) is 46.0 Å². The van der Waals surface area contributed by atoms with Gasteiger partial charge in [0.2, 0.25) is 0 Å². The first-order chi connectivity index (χ1) is 34.1. The van der Waals surface area contributed by atoms with Crippen LogP contribution in [-0.4, -0.2) is 18.3 Å². The summed E-state index contributed by atoms with van der Waals surface area (Å²) >= 11 is 0. The van der Waals surface area contributed by atoms with E-state index in [4.69, 9.17) is 0 Å². The summed E-state index contributed by atoms with van der Waals surface area (Å²) in [5.41, 5.74) is 16.0. The van der Waals surface area contributed by atoms with E-state index >= 15 is 0 Å². The molecule has 0 aliphatic heterocycles. The van der Waals surface area contributed by atoms with Gasteiger partial charge in [-0.3, -0.25) is 0 Å². The van der Waals surface area contributed by atoms with E-state index in [0.717, 1.165) is 127 Å². The van der Waals surface area contributed by atoms with Crippen LogP contribution in [0.4, 0.5) is 0 Å². The number of nitrogens with zero attached hydrogens (tertiary/aromatic N) is 6. The van der Waals surface area contributed by atoms with Crippen LogP contribution in [0.1, 0.15) is 16.7 Å². The Balaban J connectivity index is 1.18. The monoisotopic (exact) mass is 878 g/mol. The normalized spacial score (nSPS) is 11.8. The molecule has 14 rings (SSSR count). The van der Waals surface area contributed by atoms with Crippen LogP contribution in [0.2, 0.25) is 0 Å². The van der Waals surface area contributed by atoms with Gasteiger partial charge in [0.1, 0.15) is 6.07 Å². The number of aryl methyl sites for hydroxylation is 1. The lowest BCUT2D eigenvalue weighted by Crippen LogP contribution is -2.05. The molecule has 0 N–H and O–H groups in total. The molecule has 0 atom stereocenters. The van der Waals surface area contributed by atoms with E-state index in [1.54, 1.807) is 0 Å². The van der Waals surface area contributed by atoms with Gasteiger partial charge >= 0.3 is 0 Å². The highest BCUT2D eigenvalue weighted by Gasteiger charge is 2.27. The molecule has 0 aliphatic carbocycles. The molecule has 4 heterocycles. The number of hydrogen-bond donors (Lipinski definition) is 0. The van der Waals surface area contributed by atoms with Crippen molar-refractivity contribution in [2.75, 3.05) is 0 Å². The molecule has 0 unspecified atom stereocenters. The van der Waals surface area contributed by atoms with E-state index < -0.39 is 0 Å². The van der Waals surface area contributed by atoms with Gasteiger partial charge in [-0.15, -0.1) is 0 Å². The first kappa shape index (κ1) is 38.6. The van der Waals surface area contributed by atoms with E-state index in [2.05, 4.69) is 231 Å². The number of fused-ring (bicyclic) bond motifs is 14. The molecule has 0 aliphatic rings. The van der Waals surface area contributed by atoms with Crippen molar-refractivity contribution < 1.29 is 0 Å². The van der Waals surface area contributed by atoms with Gasteiger partial charge in [-0.05, 0) is 90.8 Å². The summed E-state index contributed by atoms with van der Waals surface area (Å²) in [5, 5.41) is 31.2. The smallest absolute Gasteiger partial charge is 0.101 e. The molecule has 0 saturated heterocycles. The first-order valence-corrected chi connectivity index (χ1v) is 23.2. The van der Waals surface area contributed by atoms with Crippen LogP contribution in [0.15, 0.2) is 212 Å². The molecule has 6 heteroatoms. The third kappa shape index (κ3) is 5.46. The van der Waals surface area contributed by atoms with Crippen LogP contribution in [0, 0.1) is 29.6 Å². The molecule has 6 nitrogen and oxygen atoms in total. The van der Waals surface area contributed by atoms with Crippen LogP contribution in [-0.2, 0) is 0 Å². The molecule has 0 amide bonds. The van der Waals surface area contributed by atoms with Crippen molar-refractivity contribution in [1.29, 1.82) is 10.5 Å². The molecule has 0 radical (unpaired) electrons. The third-order valence-corrected chi connectivity index (χ3v) is 14.2. The van der Waals surface area contributed by atoms with E-state index in [1.807, 2.05) is 19.1 Å². The minimum absolute atomic E-state index is 0.519. The molecule has 69 heavy (non-hydrogen) atoms. The number of aromatic nitrogens is 4. The first-order valence-electron chi connectivity index (χ1n) is 23.2. The number of para-hydroxylation sites is 6. The van der Waals surface area contributed by atoms with Crippen molar-refractivity contribution in [1.82, 2.24) is 18.3 Å². The maximum absolute atomic E-state index is 11.7. The van der Waals surface area contributed by atoms with Crippen molar-refractivity contribution in [3.63, 3.8) is 0 Å². The molecule has 0 bridgehead atoms. The van der Waals surface area contributed by atoms with Crippen molar-refractivity contribution in [2.24, 2.45) is 0 Å². The number of rotatable bonds is 5. The number of hydrogen-bond acceptors (Lipinski definition) is 2. The zero-order valence-electron chi connectivity index (χ0n) is 37.4. The molecule has 14 aromatic rings. The number of benzene rings is 10. The largest absolute Gasteiger partial charge is 0.307 e. The Morgan fingerprint density at radius 2 is 0.725 bits per heavy atom. The molecule has 0 fully saturated rings. The summed E-state index contributed by atoms with van der Waals surface area (Å²) in [6.07, 6.45) is 0. The average molecular weight is 879 g/mol. The minimum Gasteiger partial charge on any atom is -0.307 e. The Labute approximate surface area is 396 Å². The molecule has 0 spiro atoms. The topological polar surface area (TPSA) is 67.3 Å². The zero-order valence-corrected chi connectivity index (χ0v) is 37.4. The quantitative estimate of drug-likeness (QED) is 0.173. The molecule has 0 saturated carbocycles. The lowest BCUT2D eigenvalue weighted by atomic mass is 9.96. The summed E-state index contributed by atoms with van der Waals surface area (Å²) < 4.78 is 9.45. The van der Waals surface area contributed by atoms with E-state index in [9.17, 15) is 10.5 Å². The maximum atomic E-state index is 11.7. The van der Waals surface area contributed by atoms with E-state index in [1.165, 1.54) is 0 Å². The average Bonchev–Trinajstić information content (AvgIpc) is 4.14. The summed E-state index contributed by atoms with van der Waals surface area (Å²) in [7, 11) is 0. The van der Waals surface area contributed by atoms with Gasteiger partial charge in [-0.25, -0.2) is 0 Å². The predicted molar refractivity (Wildman–Crippen MR) is 283 cm³/mol. The standard InChI is InChI=1S/C63H38N6/c1-39-32-40(37-64)34-41(33-39)53-36-58(68-56-26-14-10-22-47(56)51-30-28-49-45-20-8-12-24-54(45)66(60(49)62(51)68)43-16-4-2-5-17-43)42(38-65)35-59(53)69-57-27-15-11-23-48(57)52-31-29-50-46-21-9-13-25-55(46)67(61(50)63(52)69)44-18-6-3-7-19-44/h2-36H,1H3. The highest BCUT2D eigenvalue weighted by atomic mass is 15.1. The van der Waals surface area contributed by atoms with E-state index in [-0.39, 0.29) is 0 Å². The Morgan fingerprint density at radius 3 is 1.16 bits per heavy atom. The van der Waals surface area contributed by atoms with Gasteiger partial charge in [0, 0.05) is 60.0 Å². The summed E-state index contributed by atoms with van der Waals surface area (Å²) in [6.45, 7) is 2.04. The van der Waals surface area contributed by atoms with Crippen molar-refractivity contribution in [3.05, 3.63) is 229 Å². The van der Waals surface area contributed by atoms with Crippen LogP contribution in [0.3, 0.4) is 0 Å². The van der Waals surface area contributed by atoms with Gasteiger partial charge in [0.25, 0.3) is 0 Å². The van der Waals surface area contributed by atoms with Crippen molar-refractivity contribution in [2.45, 2.75) is 6.92 Å². The molecule has 10 aromatic carbocycles. The fourth-order valence-corrected chi connectivity index (χ4v) is 11.5. The Kier molecular flexibility index (Phi) is 8.23. The van der Waals surface area contributed by atoms with Gasteiger partial charge in [-0.2, -0.15) is 10.5 Å². The number of nitriles is 2. The second kappa shape index (κ2) is 14.7. The van der Waals surface area contributed by atoms with Crippen LogP contribution < -0.4 is 0 Å². The van der Waals surface area contributed by atoms with Crippen LogP contribution in [0.5, 0.6) is 0 Å². The summed E-state index contributed by atoms with van der Waals surface area (Å²) in [5.74, 6) is 0. The summed E-state index contributed by atoms with van der Waals surface area (Å²) in [4.78, 5) is 0. The SMILES string of the molecule is Cc1cc(C#N)cc(-c2cc(-n3c4ccccc4c4ccc5c6ccccc6n(-c6ccccc6)c5c43)c(C#N)cc2-n2c3ccccc3c3ccc4c5ccccc5n(-c5ccccc5)c4c32)c1. The Hall–Kier alpha value is -9.62. The lowest BCUT2D eigenvalue weighted by Gasteiger charge is -2.20. The highest BCUT2D eigenvalue weighted by Crippen LogP contribution is 2.47. The zero-order chi connectivity index (χ0) is 45.9. The second-order valence-corrected chi connectivity index (χ2v) is 18.0. The third-order valence-electron chi connectivity index (χ3n) is 14.2. The molecule has 4 aromatic heterocycles. The molecular weight excluding hydrogens is 841 g/mol. The van der Waals surface area contributed by atoms with Gasteiger partial charge in [0.05, 0.1) is 72.7 Å². The van der Waals surface area contributed by atoms with Crippen LogP contribution in [0.25, 0.3) is 121 Å².